The van der Waals surface area contributed by atoms with Crippen LogP contribution >= 0.6 is 11.3 Å². The van der Waals surface area contributed by atoms with E-state index in [4.69, 9.17) is 9.47 Å². The maximum absolute atomic E-state index is 12.9. The van der Waals surface area contributed by atoms with Crippen molar-refractivity contribution in [2.45, 2.75) is 32.8 Å². The first-order valence-corrected chi connectivity index (χ1v) is 9.29. The second kappa shape index (κ2) is 7.88. The minimum atomic E-state index is -0.442. The van der Waals surface area contributed by atoms with Gasteiger partial charge < -0.3 is 20.1 Å². The molecule has 2 N–H and O–H groups in total. The van der Waals surface area contributed by atoms with E-state index in [0.717, 1.165) is 16.9 Å². The maximum Gasteiger partial charge on any atom is 0.259 e. The first-order chi connectivity index (χ1) is 12.5. The summed E-state index contributed by atoms with van der Waals surface area (Å²) in [5, 5.41) is 6.30. The molecular weight excluding hydrogens is 352 g/mol. The van der Waals surface area contributed by atoms with Gasteiger partial charge in [-0.25, -0.2) is 0 Å². The fraction of sp³-hybridized carbons (Fsp3) is 0.368. The normalized spacial score (nSPS) is 16.3. The average molecular weight is 374 g/mol. The van der Waals surface area contributed by atoms with E-state index in [1.165, 1.54) is 11.3 Å². The number of amides is 2. The summed E-state index contributed by atoms with van der Waals surface area (Å²) >= 11 is 1.40. The third kappa shape index (κ3) is 3.73. The van der Waals surface area contributed by atoms with Gasteiger partial charge in [-0.15, -0.1) is 11.3 Å². The van der Waals surface area contributed by atoms with E-state index in [9.17, 15) is 9.59 Å². The third-order valence-electron chi connectivity index (χ3n) is 4.43. The number of benzene rings is 1. The number of hydrogen-bond acceptors (Lipinski definition) is 5. The molecular formula is C19H22N2O4S. The molecule has 1 saturated heterocycles. The van der Waals surface area contributed by atoms with Crippen molar-refractivity contribution in [3.8, 4) is 5.75 Å². The van der Waals surface area contributed by atoms with Crippen molar-refractivity contribution in [1.29, 1.82) is 0 Å². The number of carbonyl (C=O) groups is 2. The Kier molecular flexibility index (Phi) is 5.58. The van der Waals surface area contributed by atoms with Gasteiger partial charge in [0.05, 0.1) is 18.4 Å². The molecule has 6 nitrogen and oxygen atoms in total. The Hall–Kier alpha value is -2.38. The van der Waals surface area contributed by atoms with Gasteiger partial charge in [0.2, 0.25) is 0 Å². The highest BCUT2D eigenvalue weighted by Gasteiger charge is 2.27. The van der Waals surface area contributed by atoms with Crippen LogP contribution in [0.5, 0.6) is 5.75 Å². The van der Waals surface area contributed by atoms with E-state index in [1.807, 2.05) is 26.0 Å². The smallest absolute Gasteiger partial charge is 0.259 e. The molecule has 1 fully saturated rings. The first kappa shape index (κ1) is 18.4. The summed E-state index contributed by atoms with van der Waals surface area (Å²) in [6, 6.07) is 7.21. The number of thiophene rings is 1. The highest BCUT2D eigenvalue weighted by atomic mass is 32.1. The Balaban J connectivity index is 1.84. The Bertz CT molecular complexity index is 825. The number of hydrogen-bond donors (Lipinski definition) is 2. The molecule has 1 atom stereocenters. The Morgan fingerprint density at radius 3 is 2.69 bits per heavy atom. The topological polar surface area (TPSA) is 76.7 Å². The van der Waals surface area contributed by atoms with Gasteiger partial charge in [-0.3, -0.25) is 9.59 Å². The zero-order valence-electron chi connectivity index (χ0n) is 15.0. The fourth-order valence-electron chi connectivity index (χ4n) is 2.90. The van der Waals surface area contributed by atoms with Crippen LogP contribution < -0.4 is 15.4 Å². The summed E-state index contributed by atoms with van der Waals surface area (Å²) in [7, 11) is 1.55. The van der Waals surface area contributed by atoms with E-state index >= 15 is 0 Å². The molecule has 2 aromatic rings. The van der Waals surface area contributed by atoms with Crippen molar-refractivity contribution in [3.63, 3.8) is 0 Å². The molecule has 0 bridgehead atoms. The number of para-hydroxylation sites is 2. The molecule has 2 heterocycles. The SMILES string of the molecule is COc1ccccc1NC(=O)c1c(NC(=O)C2CCCO2)sc(C)c1C. The molecule has 1 aromatic heterocycles. The number of carbonyl (C=O) groups excluding carboxylic acids is 2. The van der Waals surface area contributed by atoms with Crippen molar-refractivity contribution < 1.29 is 19.1 Å². The average Bonchev–Trinajstić information content (AvgIpc) is 3.25. The van der Waals surface area contributed by atoms with Crippen molar-refractivity contribution in [1.82, 2.24) is 0 Å². The molecule has 1 aliphatic rings. The second-order valence-corrected chi connectivity index (χ2v) is 7.36. The number of ether oxygens (including phenoxy) is 2. The molecule has 1 aromatic carbocycles. The van der Waals surface area contributed by atoms with Gasteiger partial charge in [-0.05, 0) is 44.4 Å². The summed E-state index contributed by atoms with van der Waals surface area (Å²) in [6.45, 7) is 4.41. The van der Waals surface area contributed by atoms with Crippen LogP contribution in [0.2, 0.25) is 0 Å². The molecule has 2 amide bonds. The van der Waals surface area contributed by atoms with Crippen LogP contribution in [0.4, 0.5) is 10.7 Å². The largest absolute Gasteiger partial charge is 0.495 e. The van der Waals surface area contributed by atoms with Gasteiger partial charge in [0.25, 0.3) is 11.8 Å². The molecule has 1 unspecified atom stereocenters. The van der Waals surface area contributed by atoms with Crippen molar-refractivity contribution >= 4 is 33.8 Å². The summed E-state index contributed by atoms with van der Waals surface area (Å²) < 4.78 is 10.7. The predicted octanol–water partition coefficient (Wildman–Crippen LogP) is 3.74. The molecule has 7 heteroatoms. The number of aryl methyl sites for hydroxylation is 1. The summed E-state index contributed by atoms with van der Waals surface area (Å²) in [6.07, 6.45) is 1.14. The van der Waals surface area contributed by atoms with Crippen LogP contribution in [-0.2, 0) is 9.53 Å². The quantitative estimate of drug-likeness (QED) is 0.836. The molecule has 3 rings (SSSR count). The molecule has 26 heavy (non-hydrogen) atoms. The number of nitrogens with one attached hydrogen (secondary N) is 2. The van der Waals surface area contributed by atoms with Gasteiger partial charge in [0.1, 0.15) is 16.9 Å². The Labute approximate surface area is 156 Å². The lowest BCUT2D eigenvalue weighted by molar-refractivity contribution is -0.124. The molecule has 0 aliphatic carbocycles. The van der Waals surface area contributed by atoms with Gasteiger partial charge in [-0.1, -0.05) is 12.1 Å². The lowest BCUT2D eigenvalue weighted by atomic mass is 10.1. The van der Waals surface area contributed by atoms with Crippen LogP contribution in [0.25, 0.3) is 0 Å². The van der Waals surface area contributed by atoms with Crippen molar-refractivity contribution in [3.05, 3.63) is 40.3 Å². The predicted molar refractivity (Wildman–Crippen MR) is 102 cm³/mol. The summed E-state index contributed by atoms with van der Waals surface area (Å²) in [4.78, 5) is 26.3. The molecule has 1 aliphatic heterocycles. The monoisotopic (exact) mass is 374 g/mol. The van der Waals surface area contributed by atoms with Crippen LogP contribution in [0.1, 0.15) is 33.6 Å². The number of anilines is 2. The van der Waals surface area contributed by atoms with Crippen LogP contribution in [0.3, 0.4) is 0 Å². The number of methoxy groups -OCH3 is 1. The van der Waals surface area contributed by atoms with Crippen molar-refractivity contribution in [2.75, 3.05) is 24.4 Å². The third-order valence-corrected chi connectivity index (χ3v) is 5.55. The van der Waals surface area contributed by atoms with E-state index in [-0.39, 0.29) is 11.8 Å². The molecule has 0 radical (unpaired) electrons. The Morgan fingerprint density at radius 2 is 2.00 bits per heavy atom. The minimum Gasteiger partial charge on any atom is -0.495 e. The van der Waals surface area contributed by atoms with E-state index < -0.39 is 6.10 Å². The lowest BCUT2D eigenvalue weighted by Gasteiger charge is -2.13. The van der Waals surface area contributed by atoms with E-state index in [0.29, 0.717) is 35.0 Å². The molecule has 0 spiro atoms. The number of rotatable bonds is 5. The zero-order chi connectivity index (χ0) is 18.7. The van der Waals surface area contributed by atoms with Gasteiger partial charge in [0.15, 0.2) is 0 Å². The zero-order valence-corrected chi connectivity index (χ0v) is 15.9. The van der Waals surface area contributed by atoms with Crippen LogP contribution in [-0.4, -0.2) is 31.6 Å². The Morgan fingerprint density at radius 1 is 1.23 bits per heavy atom. The maximum atomic E-state index is 12.9. The van der Waals surface area contributed by atoms with Crippen molar-refractivity contribution in [2.24, 2.45) is 0 Å². The van der Waals surface area contributed by atoms with E-state index in [1.54, 1.807) is 19.2 Å². The molecule has 138 valence electrons. The minimum absolute atomic E-state index is 0.199. The first-order valence-electron chi connectivity index (χ1n) is 8.48. The highest BCUT2D eigenvalue weighted by molar-refractivity contribution is 7.16. The summed E-state index contributed by atoms with van der Waals surface area (Å²) in [5.41, 5.74) is 1.91. The summed E-state index contributed by atoms with van der Waals surface area (Å²) in [5.74, 6) is 0.101. The van der Waals surface area contributed by atoms with Crippen LogP contribution in [0.15, 0.2) is 24.3 Å². The highest BCUT2D eigenvalue weighted by Crippen LogP contribution is 2.34. The van der Waals surface area contributed by atoms with Gasteiger partial charge in [-0.2, -0.15) is 0 Å². The molecule has 0 saturated carbocycles. The van der Waals surface area contributed by atoms with Crippen LogP contribution in [0, 0.1) is 13.8 Å². The second-order valence-electron chi connectivity index (χ2n) is 6.13. The standard InChI is InChI=1S/C19H22N2O4S/c1-11-12(2)26-19(21-17(22)15-9-6-10-25-15)16(11)18(23)20-13-7-4-5-8-14(13)24-3/h4-5,7-8,15H,6,9-10H2,1-3H3,(H,20,23)(H,21,22). The van der Waals surface area contributed by atoms with Gasteiger partial charge in [0, 0.05) is 11.5 Å². The van der Waals surface area contributed by atoms with E-state index in [2.05, 4.69) is 10.6 Å². The van der Waals surface area contributed by atoms with Gasteiger partial charge >= 0.3 is 0 Å². The lowest BCUT2D eigenvalue weighted by Crippen LogP contribution is -2.27. The fourth-order valence-corrected chi connectivity index (χ4v) is 3.96.